The number of aryl methyl sites for hydroxylation is 2. The summed E-state index contributed by atoms with van der Waals surface area (Å²) in [5, 5.41) is 0. The van der Waals surface area contributed by atoms with Gasteiger partial charge >= 0.3 is 0 Å². The molecule has 0 saturated carbocycles. The van der Waals surface area contributed by atoms with Crippen LogP contribution < -0.4 is 5.56 Å². The van der Waals surface area contributed by atoms with Crippen LogP contribution in [0.15, 0.2) is 23.3 Å². The summed E-state index contributed by atoms with van der Waals surface area (Å²) in [4.78, 5) is 23.9. The Balaban J connectivity index is 1.77. The summed E-state index contributed by atoms with van der Waals surface area (Å²) in [5.74, 6) is 0.449. The van der Waals surface area contributed by atoms with Crippen LogP contribution in [0.2, 0.25) is 0 Å². The van der Waals surface area contributed by atoms with Gasteiger partial charge in [0.15, 0.2) is 0 Å². The van der Waals surface area contributed by atoms with Crippen LogP contribution in [0.4, 0.5) is 0 Å². The Morgan fingerprint density at radius 2 is 2.08 bits per heavy atom. The number of hydrogen-bond acceptors (Lipinski definition) is 4. The van der Waals surface area contributed by atoms with E-state index in [0.29, 0.717) is 12.5 Å². The molecule has 3 rings (SSSR count). The molecule has 0 amide bonds. The van der Waals surface area contributed by atoms with Crippen molar-refractivity contribution in [3.05, 3.63) is 57.0 Å². The maximum atomic E-state index is 12.4. The van der Waals surface area contributed by atoms with Gasteiger partial charge in [0.05, 0.1) is 12.0 Å². The summed E-state index contributed by atoms with van der Waals surface area (Å²) in [5.41, 5.74) is 5.44. The second kappa shape index (κ2) is 6.85. The largest absolute Gasteiger partial charge is 0.299 e. The lowest BCUT2D eigenvalue weighted by Gasteiger charge is -2.28. The highest BCUT2D eigenvalue weighted by molar-refractivity contribution is 5.25. The summed E-state index contributed by atoms with van der Waals surface area (Å²) >= 11 is 0. The Bertz CT molecular complexity index is 794. The first-order valence-electron chi connectivity index (χ1n) is 8.75. The van der Waals surface area contributed by atoms with Crippen LogP contribution in [0.1, 0.15) is 54.9 Å². The molecule has 0 bridgehead atoms. The van der Waals surface area contributed by atoms with Crippen molar-refractivity contribution in [2.24, 2.45) is 0 Å². The first-order valence-corrected chi connectivity index (χ1v) is 8.75. The van der Waals surface area contributed by atoms with E-state index in [1.54, 1.807) is 10.9 Å². The first kappa shape index (κ1) is 16.8. The van der Waals surface area contributed by atoms with Crippen LogP contribution in [0.3, 0.4) is 0 Å². The van der Waals surface area contributed by atoms with Crippen LogP contribution in [0, 0.1) is 6.92 Å². The number of nitrogens with zero attached hydrogens (tertiary/aromatic N) is 4. The van der Waals surface area contributed by atoms with Gasteiger partial charge in [0.2, 0.25) is 0 Å². The molecular formula is C19H26N4O. The summed E-state index contributed by atoms with van der Waals surface area (Å²) in [6.07, 6.45) is 2.45. The van der Waals surface area contributed by atoms with E-state index in [-0.39, 0.29) is 5.56 Å². The molecular weight excluding hydrogens is 300 g/mol. The second-order valence-electron chi connectivity index (χ2n) is 6.86. The lowest BCUT2D eigenvalue weighted by Crippen LogP contribution is -2.37. The molecule has 3 heterocycles. The van der Waals surface area contributed by atoms with Crippen molar-refractivity contribution < 1.29 is 0 Å². The van der Waals surface area contributed by atoms with Gasteiger partial charge in [-0.25, -0.2) is 4.98 Å². The predicted octanol–water partition coefficient (Wildman–Crippen LogP) is 2.65. The van der Waals surface area contributed by atoms with Crippen LogP contribution in [-0.4, -0.2) is 26.0 Å². The predicted molar refractivity (Wildman–Crippen MR) is 95.1 cm³/mol. The molecule has 1 aliphatic heterocycles. The normalized spacial score (nSPS) is 14.9. The zero-order valence-corrected chi connectivity index (χ0v) is 15.0. The quantitative estimate of drug-likeness (QED) is 0.867. The average molecular weight is 326 g/mol. The SMILES string of the molecule is CCn1cnc2c(c1=O)CCN(Cc1ccc(C(C)C)nc1C)C2. The third-order valence-corrected chi connectivity index (χ3v) is 4.81. The van der Waals surface area contributed by atoms with Crippen molar-refractivity contribution in [3.63, 3.8) is 0 Å². The van der Waals surface area contributed by atoms with Crippen molar-refractivity contribution in [2.45, 2.75) is 59.7 Å². The molecule has 24 heavy (non-hydrogen) atoms. The monoisotopic (exact) mass is 326 g/mol. The fourth-order valence-electron chi connectivity index (χ4n) is 3.21. The van der Waals surface area contributed by atoms with E-state index >= 15 is 0 Å². The topological polar surface area (TPSA) is 51.0 Å². The van der Waals surface area contributed by atoms with Gasteiger partial charge in [-0.05, 0) is 37.8 Å². The summed E-state index contributed by atoms with van der Waals surface area (Å²) < 4.78 is 1.69. The zero-order chi connectivity index (χ0) is 17.3. The molecule has 0 atom stereocenters. The van der Waals surface area contributed by atoms with Crippen LogP contribution >= 0.6 is 0 Å². The van der Waals surface area contributed by atoms with Gasteiger partial charge < -0.3 is 0 Å². The van der Waals surface area contributed by atoms with Gasteiger partial charge in [0.1, 0.15) is 0 Å². The lowest BCUT2D eigenvalue weighted by atomic mass is 10.0. The van der Waals surface area contributed by atoms with Gasteiger partial charge in [0.25, 0.3) is 5.56 Å². The van der Waals surface area contributed by atoms with Crippen LogP contribution in [-0.2, 0) is 26.1 Å². The molecule has 128 valence electrons. The smallest absolute Gasteiger partial charge is 0.256 e. The van der Waals surface area contributed by atoms with E-state index in [1.165, 1.54) is 5.56 Å². The molecule has 0 spiro atoms. The first-order chi connectivity index (χ1) is 11.5. The number of hydrogen-bond donors (Lipinski definition) is 0. The van der Waals surface area contributed by atoms with Gasteiger partial charge in [-0.3, -0.25) is 19.2 Å². The molecule has 5 heteroatoms. The van der Waals surface area contributed by atoms with Crippen molar-refractivity contribution >= 4 is 0 Å². The average Bonchev–Trinajstić information content (AvgIpc) is 2.57. The molecule has 0 N–H and O–H groups in total. The minimum absolute atomic E-state index is 0.126. The van der Waals surface area contributed by atoms with Crippen molar-refractivity contribution in [1.82, 2.24) is 19.4 Å². The molecule has 0 aromatic carbocycles. The maximum Gasteiger partial charge on any atom is 0.256 e. The Labute approximate surface area is 143 Å². The minimum atomic E-state index is 0.126. The van der Waals surface area contributed by atoms with Gasteiger partial charge in [-0.15, -0.1) is 0 Å². The molecule has 5 nitrogen and oxygen atoms in total. The zero-order valence-electron chi connectivity index (χ0n) is 15.0. The van der Waals surface area contributed by atoms with E-state index < -0.39 is 0 Å². The van der Waals surface area contributed by atoms with Crippen molar-refractivity contribution in [1.29, 1.82) is 0 Å². The number of aromatic nitrogens is 3. The van der Waals surface area contributed by atoms with Crippen molar-refractivity contribution in [3.8, 4) is 0 Å². The molecule has 0 unspecified atom stereocenters. The Morgan fingerprint density at radius 3 is 2.75 bits per heavy atom. The van der Waals surface area contributed by atoms with Crippen LogP contribution in [0.25, 0.3) is 0 Å². The summed E-state index contributed by atoms with van der Waals surface area (Å²) in [6.45, 7) is 11.5. The molecule has 2 aromatic rings. The third-order valence-electron chi connectivity index (χ3n) is 4.81. The number of pyridine rings is 1. The Kier molecular flexibility index (Phi) is 4.81. The van der Waals surface area contributed by atoms with E-state index in [0.717, 1.165) is 48.7 Å². The number of fused-ring (bicyclic) bond motifs is 1. The van der Waals surface area contributed by atoms with Crippen LogP contribution in [0.5, 0.6) is 0 Å². The highest BCUT2D eigenvalue weighted by atomic mass is 16.1. The van der Waals surface area contributed by atoms with Gasteiger partial charge in [-0.2, -0.15) is 0 Å². The lowest BCUT2D eigenvalue weighted by molar-refractivity contribution is 0.239. The Hall–Kier alpha value is -2.01. The summed E-state index contributed by atoms with van der Waals surface area (Å²) in [6, 6.07) is 4.32. The molecule has 0 fully saturated rings. The third kappa shape index (κ3) is 3.26. The van der Waals surface area contributed by atoms with Gasteiger partial charge in [0, 0.05) is 43.1 Å². The molecule has 0 saturated heterocycles. The second-order valence-corrected chi connectivity index (χ2v) is 6.86. The standard InChI is InChI=1S/C19H26N4O/c1-5-23-12-20-18-11-22(9-8-16(18)19(23)24)10-15-6-7-17(13(2)3)21-14(15)4/h6-7,12-13H,5,8-11H2,1-4H3. The molecule has 1 aliphatic rings. The van der Waals surface area contributed by atoms with Crippen molar-refractivity contribution in [2.75, 3.05) is 6.54 Å². The summed E-state index contributed by atoms with van der Waals surface area (Å²) in [7, 11) is 0. The highest BCUT2D eigenvalue weighted by Crippen LogP contribution is 2.19. The minimum Gasteiger partial charge on any atom is -0.299 e. The molecule has 2 aromatic heterocycles. The van der Waals surface area contributed by atoms with Gasteiger partial charge in [-0.1, -0.05) is 19.9 Å². The molecule has 0 aliphatic carbocycles. The fraction of sp³-hybridized carbons (Fsp3) is 0.526. The highest BCUT2D eigenvalue weighted by Gasteiger charge is 2.21. The maximum absolute atomic E-state index is 12.4. The van der Waals surface area contributed by atoms with E-state index in [2.05, 4.69) is 42.8 Å². The molecule has 0 radical (unpaired) electrons. The van der Waals surface area contributed by atoms with E-state index in [4.69, 9.17) is 4.98 Å². The number of rotatable bonds is 4. The Morgan fingerprint density at radius 1 is 1.29 bits per heavy atom. The van der Waals surface area contributed by atoms with E-state index in [1.807, 2.05) is 6.92 Å². The van der Waals surface area contributed by atoms with E-state index in [9.17, 15) is 4.79 Å². The fourth-order valence-corrected chi connectivity index (χ4v) is 3.21.